The Morgan fingerprint density at radius 2 is 2.22 bits per heavy atom. The van der Waals surface area contributed by atoms with Crippen molar-refractivity contribution in [2.75, 3.05) is 6.54 Å². The van der Waals surface area contributed by atoms with Crippen LogP contribution in [-0.4, -0.2) is 22.3 Å². The quantitative estimate of drug-likeness (QED) is 0.480. The van der Waals surface area contributed by atoms with Crippen molar-refractivity contribution in [1.29, 1.82) is 0 Å². The molecule has 0 atom stereocenters. The smallest absolute Gasteiger partial charge is 0.288 e. The summed E-state index contributed by atoms with van der Waals surface area (Å²) in [5.74, 6) is -0.0977. The third-order valence-electron chi connectivity index (χ3n) is 3.70. The monoisotopic (exact) mass is 348 g/mol. The van der Waals surface area contributed by atoms with Crippen LogP contribution < -0.4 is 0 Å². The van der Waals surface area contributed by atoms with Gasteiger partial charge in [-0.1, -0.05) is 17.7 Å². The molecule has 2 aromatic rings. The van der Waals surface area contributed by atoms with Crippen LogP contribution in [0.1, 0.15) is 16.0 Å². The van der Waals surface area contributed by atoms with Crippen LogP contribution in [0.15, 0.2) is 35.7 Å². The van der Waals surface area contributed by atoms with Crippen molar-refractivity contribution in [2.24, 2.45) is 0 Å². The van der Waals surface area contributed by atoms with Crippen LogP contribution in [-0.2, 0) is 17.8 Å². The summed E-state index contributed by atoms with van der Waals surface area (Å²) < 4.78 is 0. The second-order valence-electron chi connectivity index (χ2n) is 5.18. The van der Waals surface area contributed by atoms with Gasteiger partial charge in [0, 0.05) is 30.1 Å². The average Bonchev–Trinajstić information content (AvgIpc) is 3.01. The van der Waals surface area contributed by atoms with E-state index in [9.17, 15) is 14.9 Å². The summed E-state index contributed by atoms with van der Waals surface area (Å²) in [4.78, 5) is 25.7. The van der Waals surface area contributed by atoms with E-state index in [2.05, 4.69) is 0 Å². The third-order valence-corrected chi connectivity index (χ3v) is 5.05. The molecular weight excluding hydrogens is 336 g/mol. The SMILES string of the molecule is O=C(/C=C/c1ccc(Cl)c([N+](=O)[O-])c1)N1CCc2sccc2C1. The number of rotatable bonds is 3. The van der Waals surface area contributed by atoms with E-state index in [1.165, 1.54) is 28.6 Å². The van der Waals surface area contributed by atoms with Crippen molar-refractivity contribution < 1.29 is 9.72 Å². The number of benzene rings is 1. The number of nitro groups is 1. The highest BCUT2D eigenvalue weighted by molar-refractivity contribution is 7.10. The summed E-state index contributed by atoms with van der Waals surface area (Å²) in [6.45, 7) is 1.31. The fourth-order valence-corrected chi connectivity index (χ4v) is 3.56. The van der Waals surface area contributed by atoms with Crippen LogP contribution in [0.3, 0.4) is 0 Å². The molecule has 5 nitrogen and oxygen atoms in total. The van der Waals surface area contributed by atoms with E-state index < -0.39 is 4.92 Å². The summed E-state index contributed by atoms with van der Waals surface area (Å²) in [5.41, 5.74) is 1.61. The first-order chi connectivity index (χ1) is 11.0. The molecule has 0 N–H and O–H groups in total. The average molecular weight is 349 g/mol. The minimum atomic E-state index is -0.537. The molecule has 0 saturated heterocycles. The lowest BCUT2D eigenvalue weighted by Crippen LogP contribution is -2.34. The van der Waals surface area contributed by atoms with Gasteiger partial charge in [0.1, 0.15) is 5.02 Å². The highest BCUT2D eigenvalue weighted by Crippen LogP contribution is 2.26. The highest BCUT2D eigenvalue weighted by atomic mass is 35.5. The van der Waals surface area contributed by atoms with Gasteiger partial charge >= 0.3 is 0 Å². The molecule has 0 saturated carbocycles. The van der Waals surface area contributed by atoms with E-state index in [1.807, 2.05) is 11.4 Å². The highest BCUT2D eigenvalue weighted by Gasteiger charge is 2.19. The van der Waals surface area contributed by atoms with E-state index in [-0.39, 0.29) is 16.6 Å². The zero-order valence-corrected chi connectivity index (χ0v) is 13.6. The number of amides is 1. The van der Waals surface area contributed by atoms with Gasteiger partial charge in [0.2, 0.25) is 5.91 Å². The molecule has 1 aliphatic rings. The van der Waals surface area contributed by atoms with Gasteiger partial charge < -0.3 is 4.90 Å². The van der Waals surface area contributed by atoms with Crippen molar-refractivity contribution >= 4 is 40.6 Å². The molecule has 1 aliphatic heterocycles. The lowest BCUT2D eigenvalue weighted by molar-refractivity contribution is -0.384. The number of hydrogen-bond donors (Lipinski definition) is 0. The van der Waals surface area contributed by atoms with Crippen LogP contribution in [0.2, 0.25) is 5.02 Å². The number of halogens is 1. The van der Waals surface area contributed by atoms with E-state index >= 15 is 0 Å². The number of nitrogens with zero attached hydrogens (tertiary/aromatic N) is 2. The molecule has 118 valence electrons. The molecule has 7 heteroatoms. The molecular formula is C16H13ClN2O3S. The van der Waals surface area contributed by atoms with Gasteiger partial charge in [0.15, 0.2) is 0 Å². The normalized spacial score (nSPS) is 14.0. The first kappa shape index (κ1) is 15.7. The summed E-state index contributed by atoms with van der Waals surface area (Å²) >= 11 is 7.50. The molecule has 3 rings (SSSR count). The number of hydrogen-bond acceptors (Lipinski definition) is 4. The molecule has 2 heterocycles. The van der Waals surface area contributed by atoms with Gasteiger partial charge in [0.05, 0.1) is 4.92 Å². The molecule has 0 aliphatic carbocycles. The zero-order valence-electron chi connectivity index (χ0n) is 12.1. The number of fused-ring (bicyclic) bond motifs is 1. The zero-order chi connectivity index (χ0) is 16.4. The van der Waals surface area contributed by atoms with Gasteiger partial charge in [-0.2, -0.15) is 0 Å². The van der Waals surface area contributed by atoms with Gasteiger partial charge in [-0.15, -0.1) is 11.3 Å². The van der Waals surface area contributed by atoms with Crippen LogP contribution >= 0.6 is 22.9 Å². The van der Waals surface area contributed by atoms with Crippen molar-refractivity contribution in [3.63, 3.8) is 0 Å². The Labute approximate surface area is 142 Å². The minimum absolute atomic E-state index is 0.0829. The summed E-state index contributed by atoms with van der Waals surface area (Å²) in [5, 5.41) is 13.0. The maximum absolute atomic E-state index is 12.3. The lowest BCUT2D eigenvalue weighted by atomic mass is 10.1. The van der Waals surface area contributed by atoms with E-state index in [0.29, 0.717) is 18.7 Å². The minimum Gasteiger partial charge on any atom is -0.334 e. The Morgan fingerprint density at radius 1 is 1.39 bits per heavy atom. The van der Waals surface area contributed by atoms with Gasteiger partial charge in [-0.3, -0.25) is 14.9 Å². The first-order valence-corrected chi connectivity index (χ1v) is 8.26. The number of nitro benzene ring substituents is 1. The van der Waals surface area contributed by atoms with Crippen molar-refractivity contribution in [2.45, 2.75) is 13.0 Å². The predicted octanol–water partition coefficient (Wildman–Crippen LogP) is 3.91. The van der Waals surface area contributed by atoms with E-state index in [4.69, 9.17) is 11.6 Å². The Balaban J connectivity index is 1.72. The molecule has 0 unspecified atom stereocenters. The Bertz CT molecular complexity index is 800. The fraction of sp³-hybridized carbons (Fsp3) is 0.188. The van der Waals surface area contributed by atoms with Crippen LogP contribution in [0, 0.1) is 10.1 Å². The van der Waals surface area contributed by atoms with Crippen LogP contribution in [0.25, 0.3) is 6.08 Å². The third kappa shape index (κ3) is 3.43. The van der Waals surface area contributed by atoms with Gasteiger partial charge in [-0.25, -0.2) is 0 Å². The second-order valence-corrected chi connectivity index (χ2v) is 6.59. The van der Waals surface area contributed by atoms with Gasteiger partial charge in [0.25, 0.3) is 5.69 Å². The molecule has 0 fully saturated rings. The molecule has 0 radical (unpaired) electrons. The molecule has 1 aromatic heterocycles. The summed E-state index contributed by atoms with van der Waals surface area (Å²) in [6.07, 6.45) is 3.90. The largest absolute Gasteiger partial charge is 0.334 e. The molecule has 1 amide bonds. The fourth-order valence-electron chi connectivity index (χ4n) is 2.48. The van der Waals surface area contributed by atoms with Gasteiger partial charge in [-0.05, 0) is 41.1 Å². The predicted molar refractivity (Wildman–Crippen MR) is 90.6 cm³/mol. The van der Waals surface area contributed by atoms with Crippen LogP contribution in [0.4, 0.5) is 5.69 Å². The molecule has 23 heavy (non-hydrogen) atoms. The summed E-state index contributed by atoms with van der Waals surface area (Å²) in [7, 11) is 0. The standard InChI is InChI=1S/C16H13ClN2O3S/c17-13-3-1-11(9-14(13)19(21)22)2-4-16(20)18-7-5-15-12(10-18)6-8-23-15/h1-4,6,8-9H,5,7,10H2/b4-2+. The molecule has 0 bridgehead atoms. The maximum Gasteiger partial charge on any atom is 0.288 e. The van der Waals surface area contributed by atoms with E-state index in [0.717, 1.165) is 6.42 Å². The maximum atomic E-state index is 12.3. The number of carbonyl (C=O) groups is 1. The molecule has 1 aromatic carbocycles. The lowest BCUT2D eigenvalue weighted by Gasteiger charge is -2.25. The molecule has 0 spiro atoms. The number of carbonyl (C=O) groups excluding carboxylic acids is 1. The Kier molecular flexibility index (Phi) is 4.45. The van der Waals surface area contributed by atoms with Crippen molar-refractivity contribution in [3.8, 4) is 0 Å². The first-order valence-electron chi connectivity index (χ1n) is 7.01. The van der Waals surface area contributed by atoms with Crippen molar-refractivity contribution in [1.82, 2.24) is 4.90 Å². The van der Waals surface area contributed by atoms with E-state index in [1.54, 1.807) is 28.4 Å². The summed E-state index contributed by atoms with van der Waals surface area (Å²) in [6, 6.07) is 6.51. The Hall–Kier alpha value is -2.18. The Morgan fingerprint density at radius 3 is 3.00 bits per heavy atom. The second kappa shape index (κ2) is 6.52. The van der Waals surface area contributed by atoms with Crippen LogP contribution in [0.5, 0.6) is 0 Å². The topological polar surface area (TPSA) is 63.4 Å². The van der Waals surface area contributed by atoms with Crippen molar-refractivity contribution in [3.05, 3.63) is 66.9 Å². The number of thiophene rings is 1.